The molecule has 0 aliphatic carbocycles. The fourth-order valence-corrected chi connectivity index (χ4v) is 3.83. The molecular weight excluding hydrogens is 380 g/mol. The van der Waals surface area contributed by atoms with Gasteiger partial charge in [-0.1, -0.05) is 6.92 Å². The third-order valence-corrected chi connectivity index (χ3v) is 5.90. The third-order valence-electron chi connectivity index (χ3n) is 4.34. The maximum Gasteiger partial charge on any atom is 0.253 e. The van der Waals surface area contributed by atoms with Gasteiger partial charge in [-0.3, -0.25) is 4.79 Å². The molecule has 0 aliphatic rings. The first-order valence-electron chi connectivity index (χ1n) is 8.80. The molecule has 2 aromatic carbocycles. The zero-order valence-electron chi connectivity index (χ0n) is 16.8. The lowest BCUT2D eigenvalue weighted by atomic mass is 10.1. The summed E-state index contributed by atoms with van der Waals surface area (Å²) >= 11 is 0. The Kier molecular flexibility index (Phi) is 7.04. The molecule has 0 fully saturated rings. The van der Waals surface area contributed by atoms with Crippen LogP contribution in [0.25, 0.3) is 0 Å². The van der Waals surface area contributed by atoms with Gasteiger partial charge in [0.1, 0.15) is 0 Å². The molecule has 28 heavy (non-hydrogen) atoms. The summed E-state index contributed by atoms with van der Waals surface area (Å²) in [6.45, 7) is 4.33. The molecule has 0 saturated carbocycles. The Labute approximate surface area is 166 Å². The first-order valence-corrected chi connectivity index (χ1v) is 10.3. The molecule has 1 amide bonds. The number of methoxy groups -OCH3 is 2. The number of carbonyl (C=O) groups excluding carboxylic acids is 1. The Bertz CT molecular complexity index is 940. The zero-order valence-corrected chi connectivity index (χ0v) is 17.6. The monoisotopic (exact) mass is 406 g/mol. The molecule has 0 atom stereocenters. The van der Waals surface area contributed by atoms with E-state index in [9.17, 15) is 13.2 Å². The van der Waals surface area contributed by atoms with Gasteiger partial charge in [0.15, 0.2) is 11.5 Å². The Hall–Kier alpha value is -2.58. The third kappa shape index (κ3) is 4.82. The fraction of sp³-hybridized carbons (Fsp3) is 0.350. The van der Waals surface area contributed by atoms with Crippen LogP contribution in [0.4, 0.5) is 0 Å². The Morgan fingerprint density at radius 2 is 1.64 bits per heavy atom. The van der Waals surface area contributed by atoms with Crippen molar-refractivity contribution in [2.75, 3.05) is 27.8 Å². The van der Waals surface area contributed by atoms with Gasteiger partial charge in [0.2, 0.25) is 10.0 Å². The van der Waals surface area contributed by atoms with Gasteiger partial charge in [-0.05, 0) is 54.4 Å². The van der Waals surface area contributed by atoms with Crippen LogP contribution in [0.5, 0.6) is 11.5 Å². The molecule has 0 bridgehead atoms. The molecule has 7 nitrogen and oxygen atoms in total. The fourth-order valence-electron chi connectivity index (χ4n) is 2.79. The van der Waals surface area contributed by atoms with Gasteiger partial charge in [0.05, 0.1) is 19.1 Å². The number of hydrogen-bond acceptors (Lipinski definition) is 5. The number of aryl methyl sites for hydroxylation is 1. The van der Waals surface area contributed by atoms with Crippen molar-refractivity contribution < 1.29 is 22.7 Å². The highest BCUT2D eigenvalue weighted by molar-refractivity contribution is 7.89. The van der Waals surface area contributed by atoms with Crippen molar-refractivity contribution in [1.29, 1.82) is 0 Å². The zero-order chi connectivity index (χ0) is 20.9. The highest BCUT2D eigenvalue weighted by Gasteiger charge is 2.17. The van der Waals surface area contributed by atoms with Crippen LogP contribution >= 0.6 is 0 Å². The van der Waals surface area contributed by atoms with Crippen LogP contribution in [0.1, 0.15) is 28.4 Å². The molecule has 2 aromatic rings. The number of ether oxygens (including phenoxy) is 2. The topological polar surface area (TPSA) is 84.9 Å². The summed E-state index contributed by atoms with van der Waals surface area (Å²) < 4.78 is 37.1. The van der Waals surface area contributed by atoms with E-state index in [1.54, 1.807) is 33.1 Å². The summed E-state index contributed by atoms with van der Waals surface area (Å²) in [5, 5.41) is 0. The van der Waals surface area contributed by atoms with Gasteiger partial charge in [-0.15, -0.1) is 0 Å². The predicted molar refractivity (Wildman–Crippen MR) is 107 cm³/mol. The molecule has 8 heteroatoms. The Morgan fingerprint density at radius 3 is 2.18 bits per heavy atom. The molecule has 2 rings (SSSR count). The van der Waals surface area contributed by atoms with E-state index in [1.807, 2.05) is 19.1 Å². The predicted octanol–water partition coefficient (Wildman–Crippen LogP) is 2.58. The van der Waals surface area contributed by atoms with Gasteiger partial charge in [-0.2, -0.15) is 0 Å². The molecule has 152 valence electrons. The quantitative estimate of drug-likeness (QED) is 0.728. The molecule has 1 N–H and O–H groups in total. The summed E-state index contributed by atoms with van der Waals surface area (Å²) in [4.78, 5) is 14.4. The molecule has 0 aromatic heterocycles. The normalized spacial score (nSPS) is 11.2. The smallest absolute Gasteiger partial charge is 0.253 e. The number of benzene rings is 2. The van der Waals surface area contributed by atoms with Crippen molar-refractivity contribution in [3.63, 3.8) is 0 Å². The van der Waals surface area contributed by atoms with Crippen LogP contribution in [0.2, 0.25) is 0 Å². The first-order chi connectivity index (χ1) is 13.2. The summed E-state index contributed by atoms with van der Waals surface area (Å²) in [6, 6.07) is 9.62. The van der Waals surface area contributed by atoms with Gasteiger partial charge >= 0.3 is 0 Å². The maximum absolute atomic E-state index is 12.7. The van der Waals surface area contributed by atoms with E-state index in [4.69, 9.17) is 9.47 Å². The van der Waals surface area contributed by atoms with Crippen LogP contribution in [-0.2, 0) is 16.6 Å². The highest BCUT2D eigenvalue weighted by atomic mass is 32.2. The SMILES string of the molecule is CCNS(=O)(=O)c1ccc(C(=O)N(C)Cc2cc(OC)c(OC)cc2C)cc1. The van der Waals surface area contributed by atoms with Crippen LogP contribution < -0.4 is 14.2 Å². The maximum atomic E-state index is 12.7. The summed E-state index contributed by atoms with van der Waals surface area (Å²) in [7, 11) is 1.29. The number of sulfonamides is 1. The molecule has 0 spiro atoms. The lowest BCUT2D eigenvalue weighted by Gasteiger charge is -2.20. The minimum absolute atomic E-state index is 0.129. The number of carbonyl (C=O) groups is 1. The lowest BCUT2D eigenvalue weighted by molar-refractivity contribution is 0.0784. The van der Waals surface area contributed by atoms with Crippen molar-refractivity contribution in [2.45, 2.75) is 25.3 Å². The van der Waals surface area contributed by atoms with Crippen molar-refractivity contribution in [2.24, 2.45) is 0 Å². The van der Waals surface area contributed by atoms with Crippen LogP contribution in [0.15, 0.2) is 41.3 Å². The van der Waals surface area contributed by atoms with Crippen molar-refractivity contribution in [3.05, 3.63) is 53.1 Å². The van der Waals surface area contributed by atoms with E-state index in [-0.39, 0.29) is 10.8 Å². The van der Waals surface area contributed by atoms with E-state index < -0.39 is 10.0 Å². The van der Waals surface area contributed by atoms with E-state index in [0.29, 0.717) is 30.2 Å². The van der Waals surface area contributed by atoms with E-state index in [0.717, 1.165) is 11.1 Å². The van der Waals surface area contributed by atoms with Gasteiger partial charge in [0.25, 0.3) is 5.91 Å². The number of hydrogen-bond donors (Lipinski definition) is 1. The number of nitrogens with zero attached hydrogens (tertiary/aromatic N) is 1. The average molecular weight is 407 g/mol. The van der Waals surface area contributed by atoms with Crippen LogP contribution in [0, 0.1) is 6.92 Å². The van der Waals surface area contributed by atoms with Gasteiger partial charge < -0.3 is 14.4 Å². The average Bonchev–Trinajstić information content (AvgIpc) is 2.68. The van der Waals surface area contributed by atoms with Crippen LogP contribution in [0.3, 0.4) is 0 Å². The minimum atomic E-state index is -3.54. The molecule has 0 radical (unpaired) electrons. The Morgan fingerprint density at radius 1 is 1.07 bits per heavy atom. The van der Waals surface area contributed by atoms with Crippen LogP contribution in [-0.4, -0.2) is 47.0 Å². The van der Waals surface area contributed by atoms with Gasteiger partial charge in [-0.25, -0.2) is 13.1 Å². The number of nitrogens with one attached hydrogen (secondary N) is 1. The highest BCUT2D eigenvalue weighted by Crippen LogP contribution is 2.30. The second kappa shape index (κ2) is 9.07. The second-order valence-electron chi connectivity index (χ2n) is 6.32. The summed E-state index contributed by atoms with van der Waals surface area (Å²) in [5.41, 5.74) is 2.32. The molecule has 0 unspecified atom stereocenters. The molecular formula is C20H26N2O5S. The largest absolute Gasteiger partial charge is 0.493 e. The van der Waals surface area contributed by atoms with Crippen molar-refractivity contribution >= 4 is 15.9 Å². The number of amides is 1. The van der Waals surface area contributed by atoms with E-state index in [2.05, 4.69) is 4.72 Å². The first kappa shape index (κ1) is 21.7. The van der Waals surface area contributed by atoms with Crippen molar-refractivity contribution in [3.8, 4) is 11.5 Å². The molecule has 0 heterocycles. The van der Waals surface area contributed by atoms with Crippen molar-refractivity contribution in [1.82, 2.24) is 9.62 Å². The number of rotatable bonds is 8. The van der Waals surface area contributed by atoms with E-state index in [1.165, 1.54) is 24.3 Å². The summed E-state index contributed by atoms with van der Waals surface area (Å²) in [6.07, 6.45) is 0. The summed E-state index contributed by atoms with van der Waals surface area (Å²) in [5.74, 6) is 1.03. The molecule has 0 aliphatic heterocycles. The lowest BCUT2D eigenvalue weighted by Crippen LogP contribution is -2.27. The standard InChI is InChI=1S/C20H26N2O5S/c1-6-21-28(24,25)17-9-7-15(8-10-17)20(23)22(3)13-16-12-19(27-5)18(26-4)11-14(16)2/h7-12,21H,6,13H2,1-5H3. The van der Waals surface area contributed by atoms with Gasteiger partial charge in [0, 0.05) is 25.7 Å². The second-order valence-corrected chi connectivity index (χ2v) is 8.09. The minimum Gasteiger partial charge on any atom is -0.493 e. The van der Waals surface area contributed by atoms with E-state index >= 15 is 0 Å². The molecule has 0 saturated heterocycles. The Balaban J connectivity index is 2.19.